The van der Waals surface area contributed by atoms with Crippen LogP contribution in [0.1, 0.15) is 29.3 Å². The molecule has 1 aliphatic rings. The van der Waals surface area contributed by atoms with E-state index in [0.717, 1.165) is 36.6 Å². The molecule has 0 radical (unpaired) electrons. The van der Waals surface area contributed by atoms with Crippen molar-refractivity contribution in [1.82, 2.24) is 24.2 Å². The molecule has 4 heterocycles. The van der Waals surface area contributed by atoms with E-state index < -0.39 is 0 Å². The maximum atomic E-state index is 5.91. The Morgan fingerprint density at radius 1 is 1.03 bits per heavy atom. The zero-order valence-electron chi connectivity index (χ0n) is 18.7. The maximum Gasteiger partial charge on any atom is 0.199 e. The minimum atomic E-state index is 0.441. The number of furan rings is 1. The van der Waals surface area contributed by atoms with E-state index in [4.69, 9.17) is 26.7 Å². The lowest BCUT2D eigenvalue weighted by Gasteiger charge is -2.31. The summed E-state index contributed by atoms with van der Waals surface area (Å²) >= 11 is 7.73. The molecule has 172 valence electrons. The van der Waals surface area contributed by atoms with Crippen molar-refractivity contribution in [1.29, 1.82) is 0 Å². The van der Waals surface area contributed by atoms with E-state index in [1.807, 2.05) is 46.4 Å². The van der Waals surface area contributed by atoms with Gasteiger partial charge in [0, 0.05) is 12.5 Å². The van der Waals surface area contributed by atoms with Crippen LogP contribution in [-0.2, 0) is 13.2 Å². The molecule has 0 N–H and O–H groups in total. The summed E-state index contributed by atoms with van der Waals surface area (Å²) in [5, 5.41) is 6.14. The van der Waals surface area contributed by atoms with Gasteiger partial charge in [0.05, 0.1) is 34.7 Å². The molecule has 0 bridgehead atoms. The van der Waals surface area contributed by atoms with Crippen LogP contribution in [0, 0.1) is 4.77 Å². The Morgan fingerprint density at radius 2 is 1.88 bits per heavy atom. The number of piperidine rings is 1. The van der Waals surface area contributed by atoms with Crippen LogP contribution in [0.15, 0.2) is 77.4 Å². The molecule has 1 saturated heterocycles. The lowest BCUT2D eigenvalue weighted by atomic mass is 9.99. The summed E-state index contributed by atoms with van der Waals surface area (Å²) in [6.45, 7) is 3.31. The summed E-state index contributed by atoms with van der Waals surface area (Å²) in [6.07, 6.45) is 3.99. The molecule has 0 saturated carbocycles. The van der Waals surface area contributed by atoms with E-state index in [1.165, 1.54) is 21.7 Å². The van der Waals surface area contributed by atoms with Crippen LogP contribution in [0.4, 0.5) is 0 Å². The maximum absolute atomic E-state index is 5.91. The summed E-state index contributed by atoms with van der Waals surface area (Å²) < 4.78 is 11.7. The fraction of sp³-hybridized carbons (Fsp3) is 0.269. The highest BCUT2D eigenvalue weighted by atomic mass is 32.1. The summed E-state index contributed by atoms with van der Waals surface area (Å²) in [4.78, 5) is 7.37. The molecular weight excluding hydrogens is 462 g/mol. The normalized spacial score (nSPS) is 16.9. The predicted octanol–water partition coefficient (Wildman–Crippen LogP) is 6.17. The van der Waals surface area contributed by atoms with Gasteiger partial charge in [-0.2, -0.15) is 0 Å². The first-order valence-corrected chi connectivity index (χ1v) is 12.8. The number of thiazole rings is 1. The van der Waals surface area contributed by atoms with Crippen LogP contribution < -0.4 is 0 Å². The van der Waals surface area contributed by atoms with E-state index in [0.29, 0.717) is 23.9 Å². The fourth-order valence-corrected chi connectivity index (χ4v) is 6.01. The van der Waals surface area contributed by atoms with Crippen molar-refractivity contribution in [2.24, 2.45) is 0 Å². The highest BCUT2D eigenvalue weighted by Crippen LogP contribution is 2.33. The first-order valence-electron chi connectivity index (χ1n) is 11.6. The Bertz CT molecular complexity index is 1420. The van der Waals surface area contributed by atoms with Gasteiger partial charge >= 0.3 is 0 Å². The van der Waals surface area contributed by atoms with Gasteiger partial charge in [-0.05, 0) is 61.4 Å². The van der Waals surface area contributed by atoms with Gasteiger partial charge in [0.15, 0.2) is 16.4 Å². The Kier molecular flexibility index (Phi) is 5.86. The highest BCUT2D eigenvalue weighted by Gasteiger charge is 2.25. The van der Waals surface area contributed by atoms with E-state index in [-0.39, 0.29) is 0 Å². The van der Waals surface area contributed by atoms with Gasteiger partial charge < -0.3 is 4.42 Å². The molecule has 1 fully saturated rings. The molecule has 2 aromatic carbocycles. The molecular formula is C26H25N5OS2. The van der Waals surface area contributed by atoms with Crippen LogP contribution >= 0.6 is 23.6 Å². The molecule has 3 aromatic heterocycles. The second-order valence-electron chi connectivity index (χ2n) is 8.73. The van der Waals surface area contributed by atoms with Crippen molar-refractivity contribution < 1.29 is 4.42 Å². The summed E-state index contributed by atoms with van der Waals surface area (Å²) in [7, 11) is 0. The first-order chi connectivity index (χ1) is 16.7. The number of nitrogens with zero attached hydrogens (tertiary/aromatic N) is 5. The lowest BCUT2D eigenvalue weighted by Crippen LogP contribution is -2.36. The molecule has 6 rings (SSSR count). The van der Waals surface area contributed by atoms with Crippen molar-refractivity contribution in [3.63, 3.8) is 0 Å². The fourth-order valence-electron chi connectivity index (χ4n) is 4.67. The predicted molar refractivity (Wildman–Crippen MR) is 137 cm³/mol. The molecule has 1 unspecified atom stereocenters. The molecule has 5 aromatic rings. The molecule has 6 nitrogen and oxygen atoms in total. The van der Waals surface area contributed by atoms with Gasteiger partial charge in [-0.25, -0.2) is 9.67 Å². The van der Waals surface area contributed by atoms with Crippen molar-refractivity contribution in [3.05, 3.63) is 88.3 Å². The van der Waals surface area contributed by atoms with Gasteiger partial charge in [-0.1, -0.05) is 42.5 Å². The third-order valence-electron chi connectivity index (χ3n) is 6.35. The number of hydrogen-bond donors (Lipinski definition) is 0. The van der Waals surface area contributed by atoms with Gasteiger partial charge in [0.1, 0.15) is 0 Å². The van der Waals surface area contributed by atoms with Crippen LogP contribution in [0.5, 0.6) is 0 Å². The zero-order valence-corrected chi connectivity index (χ0v) is 20.3. The number of fused-ring (bicyclic) bond motifs is 1. The van der Waals surface area contributed by atoms with E-state index in [1.54, 1.807) is 6.26 Å². The van der Waals surface area contributed by atoms with Crippen molar-refractivity contribution >= 4 is 33.8 Å². The Hall–Kier alpha value is -3.07. The van der Waals surface area contributed by atoms with Crippen molar-refractivity contribution in [3.8, 4) is 11.6 Å². The molecule has 0 amide bonds. The Labute approximate surface area is 207 Å². The Morgan fingerprint density at radius 3 is 2.71 bits per heavy atom. The first kappa shape index (κ1) is 21.5. The third-order valence-corrected chi connectivity index (χ3v) is 7.98. The molecule has 8 heteroatoms. The molecule has 0 spiro atoms. The number of aromatic nitrogens is 4. The van der Waals surface area contributed by atoms with Gasteiger partial charge in [0.2, 0.25) is 0 Å². The number of benzene rings is 2. The van der Waals surface area contributed by atoms with Crippen molar-refractivity contribution in [2.75, 3.05) is 13.1 Å². The minimum absolute atomic E-state index is 0.441. The van der Waals surface area contributed by atoms with Gasteiger partial charge in [0.25, 0.3) is 0 Å². The topological polar surface area (TPSA) is 52.0 Å². The van der Waals surface area contributed by atoms with Gasteiger partial charge in [-0.15, -0.1) is 16.4 Å². The largest absolute Gasteiger partial charge is 0.461 e. The summed E-state index contributed by atoms with van der Waals surface area (Å²) in [6, 6.07) is 22.6. The monoisotopic (exact) mass is 487 g/mol. The minimum Gasteiger partial charge on any atom is -0.461 e. The average molecular weight is 488 g/mol. The van der Waals surface area contributed by atoms with Gasteiger partial charge in [-0.3, -0.25) is 9.47 Å². The Balaban J connectivity index is 1.27. The quantitative estimate of drug-likeness (QED) is 0.268. The number of hydrogen-bond acceptors (Lipinski definition) is 6. The second kappa shape index (κ2) is 9.29. The number of likely N-dealkylation sites (tertiary alicyclic amines) is 1. The molecule has 34 heavy (non-hydrogen) atoms. The smallest absolute Gasteiger partial charge is 0.199 e. The van der Waals surface area contributed by atoms with Crippen LogP contribution in [-0.4, -0.2) is 37.3 Å². The number of rotatable bonds is 6. The lowest BCUT2D eigenvalue weighted by molar-refractivity contribution is 0.156. The third kappa shape index (κ3) is 4.24. The van der Waals surface area contributed by atoms with Crippen molar-refractivity contribution in [2.45, 2.75) is 32.0 Å². The van der Waals surface area contributed by atoms with E-state index in [2.05, 4.69) is 45.9 Å². The number of para-hydroxylation sites is 1. The second-order valence-corrected chi connectivity index (χ2v) is 10.2. The summed E-state index contributed by atoms with van der Waals surface area (Å²) in [5.41, 5.74) is 2.28. The zero-order chi connectivity index (χ0) is 22.9. The van der Waals surface area contributed by atoms with E-state index >= 15 is 0 Å². The molecule has 0 aliphatic carbocycles. The standard InChI is InChI=1S/C26H25N5OS2/c33-26-30(16-19-8-2-1-3-9-19)24(22-12-7-15-32-22)28-31(26)18-29-14-6-10-20(17-29)25-27-21-11-4-5-13-23(21)34-25/h1-5,7-9,11-13,15,20H,6,10,14,16-18H2. The SMILES string of the molecule is S=c1n(CN2CCCC(c3nc4ccccc4s3)C2)nc(-c2ccco2)n1Cc1ccccc1. The highest BCUT2D eigenvalue weighted by molar-refractivity contribution is 7.71. The van der Waals surface area contributed by atoms with Crippen LogP contribution in [0.3, 0.4) is 0 Å². The average Bonchev–Trinajstić information content (AvgIpc) is 3.61. The van der Waals surface area contributed by atoms with E-state index in [9.17, 15) is 0 Å². The summed E-state index contributed by atoms with van der Waals surface area (Å²) in [5.74, 6) is 1.93. The van der Waals surface area contributed by atoms with Crippen LogP contribution in [0.25, 0.3) is 21.8 Å². The molecule has 1 aliphatic heterocycles. The van der Waals surface area contributed by atoms with Crippen LogP contribution in [0.2, 0.25) is 0 Å². The molecule has 1 atom stereocenters.